The number of carbonyl (C=O) groups is 1. The van der Waals surface area contributed by atoms with E-state index in [0.29, 0.717) is 19.6 Å². The van der Waals surface area contributed by atoms with Gasteiger partial charge in [0.2, 0.25) is 5.91 Å². The zero-order valence-corrected chi connectivity index (χ0v) is 15.9. The molecule has 1 aliphatic carbocycles. The quantitative estimate of drug-likeness (QED) is 0.814. The zero-order valence-electron chi connectivity index (χ0n) is 15.9. The van der Waals surface area contributed by atoms with Crippen molar-refractivity contribution < 1.29 is 9.53 Å². The van der Waals surface area contributed by atoms with Crippen LogP contribution in [0.2, 0.25) is 0 Å². The fourth-order valence-corrected chi connectivity index (χ4v) is 4.22. The maximum atomic E-state index is 12.9. The minimum absolute atomic E-state index is 0.0805. The first kappa shape index (κ1) is 18.0. The summed E-state index contributed by atoms with van der Waals surface area (Å²) in [5, 5.41) is 0. The van der Waals surface area contributed by atoms with Crippen LogP contribution in [-0.4, -0.2) is 33.4 Å². The van der Waals surface area contributed by atoms with Crippen molar-refractivity contribution in [2.45, 2.75) is 58.0 Å². The van der Waals surface area contributed by atoms with E-state index < -0.39 is 0 Å². The van der Waals surface area contributed by atoms with Crippen molar-refractivity contribution in [2.24, 2.45) is 5.92 Å². The van der Waals surface area contributed by atoms with E-state index in [1.165, 1.54) is 32.0 Å². The van der Waals surface area contributed by atoms with E-state index in [9.17, 15) is 4.79 Å². The summed E-state index contributed by atoms with van der Waals surface area (Å²) in [5.41, 5.74) is 3.07. The van der Waals surface area contributed by atoms with E-state index in [4.69, 9.17) is 4.74 Å². The SMILES string of the molecule is C[C@H]1COc2ccc(-c3cncnc3)cc2CN1C(=O)CCC1CCCC1. The normalized spacial score (nSPS) is 20.0. The van der Waals surface area contributed by atoms with Crippen molar-refractivity contribution in [2.75, 3.05) is 6.61 Å². The van der Waals surface area contributed by atoms with Crippen LogP contribution in [0.25, 0.3) is 11.1 Å². The molecule has 0 spiro atoms. The second kappa shape index (κ2) is 8.07. The number of fused-ring (bicyclic) bond motifs is 1. The molecule has 4 rings (SSSR count). The van der Waals surface area contributed by atoms with E-state index in [0.717, 1.165) is 34.8 Å². The Bertz CT molecular complexity index is 787. The van der Waals surface area contributed by atoms with Gasteiger partial charge in [0, 0.05) is 36.5 Å². The van der Waals surface area contributed by atoms with E-state index in [1.54, 1.807) is 12.4 Å². The fourth-order valence-electron chi connectivity index (χ4n) is 4.22. The second-order valence-electron chi connectivity index (χ2n) is 7.82. The summed E-state index contributed by atoms with van der Waals surface area (Å²) in [6, 6.07) is 6.21. The third kappa shape index (κ3) is 4.12. The van der Waals surface area contributed by atoms with E-state index in [1.807, 2.05) is 17.0 Å². The van der Waals surface area contributed by atoms with Gasteiger partial charge in [-0.25, -0.2) is 9.97 Å². The largest absolute Gasteiger partial charge is 0.491 e. The van der Waals surface area contributed by atoms with Gasteiger partial charge in [0.15, 0.2) is 0 Å². The van der Waals surface area contributed by atoms with Crippen molar-refractivity contribution in [1.82, 2.24) is 14.9 Å². The van der Waals surface area contributed by atoms with Crippen molar-refractivity contribution in [3.8, 4) is 16.9 Å². The molecule has 5 nitrogen and oxygen atoms in total. The third-order valence-electron chi connectivity index (χ3n) is 5.87. The topological polar surface area (TPSA) is 55.3 Å². The maximum absolute atomic E-state index is 12.9. The Morgan fingerprint density at radius 1 is 1.19 bits per heavy atom. The van der Waals surface area contributed by atoms with Gasteiger partial charge in [0.1, 0.15) is 18.7 Å². The van der Waals surface area contributed by atoms with Gasteiger partial charge >= 0.3 is 0 Å². The van der Waals surface area contributed by atoms with Gasteiger partial charge in [0.25, 0.3) is 0 Å². The zero-order chi connectivity index (χ0) is 18.6. The smallest absolute Gasteiger partial charge is 0.223 e. The molecule has 142 valence electrons. The Morgan fingerprint density at radius 3 is 2.74 bits per heavy atom. The first-order valence-corrected chi connectivity index (χ1v) is 10.0. The fraction of sp³-hybridized carbons (Fsp3) is 0.500. The van der Waals surface area contributed by atoms with Crippen LogP contribution in [0, 0.1) is 5.92 Å². The Hall–Kier alpha value is -2.43. The van der Waals surface area contributed by atoms with E-state index >= 15 is 0 Å². The molecule has 0 unspecified atom stereocenters. The average molecular weight is 365 g/mol. The predicted molar refractivity (Wildman–Crippen MR) is 104 cm³/mol. The molecule has 2 aliphatic rings. The van der Waals surface area contributed by atoms with E-state index in [2.05, 4.69) is 23.0 Å². The third-order valence-corrected chi connectivity index (χ3v) is 5.87. The summed E-state index contributed by atoms with van der Waals surface area (Å²) in [6.45, 7) is 3.21. The van der Waals surface area contributed by atoms with Gasteiger partial charge in [-0.2, -0.15) is 0 Å². The summed E-state index contributed by atoms with van der Waals surface area (Å²) >= 11 is 0. The second-order valence-corrected chi connectivity index (χ2v) is 7.82. The van der Waals surface area contributed by atoms with Gasteiger partial charge in [0.05, 0.1) is 6.04 Å². The molecule has 1 aromatic carbocycles. The lowest BCUT2D eigenvalue weighted by Gasteiger charge is -2.27. The lowest BCUT2D eigenvalue weighted by molar-refractivity contribution is -0.134. The van der Waals surface area contributed by atoms with Crippen molar-refractivity contribution in [1.29, 1.82) is 0 Å². The minimum Gasteiger partial charge on any atom is -0.491 e. The van der Waals surface area contributed by atoms with Crippen LogP contribution < -0.4 is 4.74 Å². The minimum atomic E-state index is 0.0805. The molecule has 1 atom stereocenters. The number of aromatic nitrogens is 2. The first-order valence-electron chi connectivity index (χ1n) is 10.0. The molecule has 1 fully saturated rings. The molecular weight excluding hydrogens is 338 g/mol. The monoisotopic (exact) mass is 365 g/mol. The van der Waals surface area contributed by atoms with Crippen LogP contribution in [0.15, 0.2) is 36.9 Å². The average Bonchev–Trinajstić information content (AvgIpc) is 3.17. The number of rotatable bonds is 4. The summed E-state index contributed by atoms with van der Waals surface area (Å²) in [6.07, 6.45) is 12.0. The molecule has 0 N–H and O–H groups in total. The van der Waals surface area contributed by atoms with Gasteiger partial charge in [-0.15, -0.1) is 0 Å². The highest BCUT2D eigenvalue weighted by atomic mass is 16.5. The number of amides is 1. The molecule has 1 aromatic heterocycles. The molecule has 2 heterocycles. The molecule has 1 aliphatic heterocycles. The lowest BCUT2D eigenvalue weighted by atomic mass is 10.0. The van der Waals surface area contributed by atoms with Crippen molar-refractivity contribution in [3.63, 3.8) is 0 Å². The van der Waals surface area contributed by atoms with Crippen LogP contribution >= 0.6 is 0 Å². The molecule has 0 bridgehead atoms. The highest BCUT2D eigenvalue weighted by molar-refractivity contribution is 5.77. The van der Waals surface area contributed by atoms with Gasteiger partial charge in [-0.3, -0.25) is 4.79 Å². The molecule has 5 heteroatoms. The van der Waals surface area contributed by atoms with Crippen LogP contribution in [0.1, 0.15) is 51.0 Å². The Kier molecular flexibility index (Phi) is 5.37. The standard InChI is InChI=1S/C22H27N3O2/c1-16-14-27-21-8-7-18(20-11-23-15-24-12-20)10-19(21)13-25(16)22(26)9-6-17-4-2-3-5-17/h7-8,10-12,15-17H,2-6,9,13-14H2,1H3/t16-/m0/s1. The molecule has 0 radical (unpaired) electrons. The number of benzene rings is 1. The van der Waals surface area contributed by atoms with Gasteiger partial charge < -0.3 is 9.64 Å². The van der Waals surface area contributed by atoms with Crippen molar-refractivity contribution >= 4 is 5.91 Å². The van der Waals surface area contributed by atoms with E-state index in [-0.39, 0.29) is 11.9 Å². The highest BCUT2D eigenvalue weighted by Crippen LogP contribution is 2.32. The predicted octanol–water partition coefficient (Wildman–Crippen LogP) is 4.22. The molecular formula is C22H27N3O2. The van der Waals surface area contributed by atoms with Crippen LogP contribution in [-0.2, 0) is 11.3 Å². The number of carbonyl (C=O) groups excluding carboxylic acids is 1. The summed E-state index contributed by atoms with van der Waals surface area (Å²) < 4.78 is 5.98. The summed E-state index contributed by atoms with van der Waals surface area (Å²) in [4.78, 5) is 23.1. The Labute approximate surface area is 160 Å². The summed E-state index contributed by atoms with van der Waals surface area (Å²) in [5.74, 6) is 1.86. The highest BCUT2D eigenvalue weighted by Gasteiger charge is 2.27. The molecule has 0 saturated heterocycles. The van der Waals surface area contributed by atoms with Crippen molar-refractivity contribution in [3.05, 3.63) is 42.5 Å². The number of ether oxygens (including phenoxy) is 1. The van der Waals surface area contributed by atoms with Gasteiger partial charge in [-0.05, 0) is 37.0 Å². The first-order chi connectivity index (χ1) is 13.2. The number of hydrogen-bond acceptors (Lipinski definition) is 4. The molecule has 1 saturated carbocycles. The maximum Gasteiger partial charge on any atom is 0.223 e. The van der Waals surface area contributed by atoms with Crippen LogP contribution in [0.3, 0.4) is 0 Å². The molecule has 2 aromatic rings. The number of hydrogen-bond donors (Lipinski definition) is 0. The number of nitrogens with zero attached hydrogens (tertiary/aromatic N) is 3. The molecule has 27 heavy (non-hydrogen) atoms. The van der Waals surface area contributed by atoms with Crippen LogP contribution in [0.4, 0.5) is 0 Å². The summed E-state index contributed by atoms with van der Waals surface area (Å²) in [7, 11) is 0. The van der Waals surface area contributed by atoms with Gasteiger partial charge in [-0.1, -0.05) is 31.7 Å². The Morgan fingerprint density at radius 2 is 1.96 bits per heavy atom. The Balaban J connectivity index is 1.51. The lowest BCUT2D eigenvalue weighted by Crippen LogP contribution is -2.39. The molecule has 1 amide bonds. The van der Waals surface area contributed by atoms with Crippen LogP contribution in [0.5, 0.6) is 5.75 Å².